The molecule has 1 atom stereocenters. The summed E-state index contributed by atoms with van der Waals surface area (Å²) in [5.41, 5.74) is 6.47. The zero-order chi connectivity index (χ0) is 18.3. The van der Waals surface area contributed by atoms with Crippen LogP contribution in [0.25, 0.3) is 0 Å². The van der Waals surface area contributed by atoms with Crippen LogP contribution in [0.5, 0.6) is 0 Å². The predicted molar refractivity (Wildman–Crippen MR) is 102 cm³/mol. The summed E-state index contributed by atoms with van der Waals surface area (Å²) in [5.74, 6) is -0.467. The Morgan fingerprint density at radius 1 is 1.20 bits per heavy atom. The van der Waals surface area contributed by atoms with E-state index in [1.165, 1.54) is 17.5 Å². The first-order valence-electron chi connectivity index (χ1n) is 8.75. The third-order valence-electron chi connectivity index (χ3n) is 3.48. The SMILES string of the molecule is CCCCCCOC(=O)N[C@H](CC(N)=O)SNCCc1ccccc1. The van der Waals surface area contributed by atoms with Crippen molar-refractivity contribution in [3.05, 3.63) is 35.9 Å². The lowest BCUT2D eigenvalue weighted by molar-refractivity contribution is -0.118. The maximum Gasteiger partial charge on any atom is 0.408 e. The van der Waals surface area contributed by atoms with Crippen LogP contribution < -0.4 is 15.8 Å². The monoisotopic (exact) mass is 367 g/mol. The van der Waals surface area contributed by atoms with Crippen LogP contribution in [-0.4, -0.2) is 30.5 Å². The fourth-order valence-corrected chi connectivity index (χ4v) is 3.00. The standard InChI is InChI=1S/C18H29N3O3S/c1-2-3-4-8-13-24-18(23)21-17(14-16(19)22)25-20-12-11-15-9-6-5-7-10-15/h5-7,9-10,17,20H,2-4,8,11-14H2,1H3,(H2,19,22)(H,21,23)/t17-/m0/s1. The molecule has 0 heterocycles. The highest BCUT2D eigenvalue weighted by molar-refractivity contribution is 7.98. The fourth-order valence-electron chi connectivity index (χ4n) is 2.17. The number of nitrogens with one attached hydrogen (secondary N) is 2. The van der Waals surface area contributed by atoms with Gasteiger partial charge in [0.15, 0.2) is 0 Å². The van der Waals surface area contributed by atoms with Crippen molar-refractivity contribution in [2.45, 2.75) is 50.8 Å². The largest absolute Gasteiger partial charge is 0.450 e. The van der Waals surface area contributed by atoms with E-state index in [1.54, 1.807) is 0 Å². The van der Waals surface area contributed by atoms with Gasteiger partial charge in [0.05, 0.1) is 13.0 Å². The second-order valence-corrected chi connectivity index (χ2v) is 6.84. The van der Waals surface area contributed by atoms with Crippen LogP contribution in [0.2, 0.25) is 0 Å². The first-order chi connectivity index (χ1) is 12.1. The smallest absolute Gasteiger partial charge is 0.408 e. The third kappa shape index (κ3) is 11.4. The van der Waals surface area contributed by atoms with Gasteiger partial charge in [0.2, 0.25) is 5.91 Å². The maximum absolute atomic E-state index is 11.8. The number of nitrogens with two attached hydrogens (primary N) is 1. The molecule has 0 fully saturated rings. The molecule has 0 unspecified atom stereocenters. The molecule has 1 rings (SSSR count). The minimum absolute atomic E-state index is 0.0495. The number of carbonyl (C=O) groups is 2. The zero-order valence-corrected chi connectivity index (χ0v) is 15.6. The molecule has 0 saturated carbocycles. The second kappa shape index (κ2) is 13.5. The van der Waals surface area contributed by atoms with E-state index in [9.17, 15) is 9.59 Å². The number of amides is 2. The van der Waals surface area contributed by atoms with Gasteiger partial charge in [0, 0.05) is 6.54 Å². The van der Waals surface area contributed by atoms with E-state index in [2.05, 4.69) is 29.1 Å². The highest BCUT2D eigenvalue weighted by Crippen LogP contribution is 2.09. The van der Waals surface area contributed by atoms with Crippen LogP contribution in [0, 0.1) is 0 Å². The van der Waals surface area contributed by atoms with Crippen LogP contribution in [0.1, 0.15) is 44.6 Å². The van der Waals surface area contributed by atoms with E-state index in [1.807, 2.05) is 18.2 Å². The van der Waals surface area contributed by atoms with Crippen LogP contribution in [0.15, 0.2) is 30.3 Å². The summed E-state index contributed by atoms with van der Waals surface area (Å²) >= 11 is 1.28. The second-order valence-electron chi connectivity index (χ2n) is 5.75. The van der Waals surface area contributed by atoms with Crippen LogP contribution in [0.4, 0.5) is 4.79 Å². The van der Waals surface area contributed by atoms with Gasteiger partial charge < -0.3 is 15.8 Å². The molecule has 0 radical (unpaired) electrons. The molecule has 1 aromatic rings. The first kappa shape index (κ1) is 21.3. The molecule has 4 N–H and O–H groups in total. The Hall–Kier alpha value is -1.73. The van der Waals surface area contributed by atoms with Crippen LogP contribution >= 0.6 is 11.9 Å². The van der Waals surface area contributed by atoms with Crippen molar-refractivity contribution in [2.24, 2.45) is 5.73 Å². The van der Waals surface area contributed by atoms with Crippen molar-refractivity contribution >= 4 is 23.9 Å². The topological polar surface area (TPSA) is 93.4 Å². The minimum atomic E-state index is -0.514. The molecule has 2 amide bonds. The summed E-state index contributed by atoms with van der Waals surface area (Å²) in [7, 11) is 0. The fraction of sp³-hybridized carbons (Fsp3) is 0.556. The molecule has 6 nitrogen and oxygen atoms in total. The molecule has 25 heavy (non-hydrogen) atoms. The molecule has 0 aromatic heterocycles. The highest BCUT2D eigenvalue weighted by Gasteiger charge is 2.16. The van der Waals surface area contributed by atoms with E-state index in [-0.39, 0.29) is 6.42 Å². The van der Waals surface area contributed by atoms with Crippen LogP contribution in [-0.2, 0) is 16.0 Å². The van der Waals surface area contributed by atoms with Gasteiger partial charge in [-0.2, -0.15) is 0 Å². The molecule has 1 aromatic carbocycles. The van der Waals surface area contributed by atoms with E-state index in [0.717, 1.165) is 38.6 Å². The van der Waals surface area contributed by atoms with Crippen molar-refractivity contribution in [1.82, 2.24) is 10.0 Å². The lowest BCUT2D eigenvalue weighted by Gasteiger charge is -2.17. The van der Waals surface area contributed by atoms with Crippen molar-refractivity contribution < 1.29 is 14.3 Å². The summed E-state index contributed by atoms with van der Waals surface area (Å²) in [6, 6.07) is 10.1. The Kier molecular flexibility index (Phi) is 11.6. The Bertz CT molecular complexity index is 500. The predicted octanol–water partition coefficient (Wildman–Crippen LogP) is 2.97. The highest BCUT2D eigenvalue weighted by atomic mass is 32.2. The van der Waals surface area contributed by atoms with Crippen LogP contribution in [0.3, 0.4) is 0 Å². The number of hydrogen-bond donors (Lipinski definition) is 3. The first-order valence-corrected chi connectivity index (χ1v) is 9.63. The molecule has 0 bridgehead atoms. The average molecular weight is 368 g/mol. The number of benzene rings is 1. The summed E-state index contributed by atoms with van der Waals surface area (Å²) in [4.78, 5) is 23.0. The van der Waals surface area contributed by atoms with E-state index < -0.39 is 17.4 Å². The number of alkyl carbamates (subject to hydrolysis) is 1. The van der Waals surface area contributed by atoms with E-state index in [4.69, 9.17) is 10.5 Å². The molecular weight excluding hydrogens is 338 g/mol. The minimum Gasteiger partial charge on any atom is -0.450 e. The van der Waals surface area contributed by atoms with Crippen molar-refractivity contribution in [2.75, 3.05) is 13.2 Å². The Labute approximate surface area is 154 Å². The Balaban J connectivity index is 2.25. The summed E-state index contributed by atoms with van der Waals surface area (Å²) in [6.07, 6.45) is 4.57. The molecule has 0 aliphatic rings. The number of rotatable bonds is 13. The number of carbonyl (C=O) groups excluding carboxylic acids is 2. The van der Waals surface area contributed by atoms with Gasteiger partial charge >= 0.3 is 6.09 Å². The van der Waals surface area contributed by atoms with Gasteiger partial charge in [-0.15, -0.1) is 0 Å². The normalized spacial score (nSPS) is 11.7. The summed E-state index contributed by atoms with van der Waals surface area (Å²) < 4.78 is 8.30. The van der Waals surface area contributed by atoms with Gasteiger partial charge in [-0.25, -0.2) is 4.79 Å². The molecule has 7 heteroatoms. The third-order valence-corrected chi connectivity index (χ3v) is 4.42. The number of primary amides is 1. The molecular formula is C18H29N3O3S. The number of hydrogen-bond acceptors (Lipinski definition) is 5. The zero-order valence-electron chi connectivity index (χ0n) is 14.8. The molecule has 0 aliphatic heterocycles. The quantitative estimate of drug-likeness (QED) is 0.283. The number of unbranched alkanes of at least 4 members (excludes halogenated alkanes) is 3. The van der Waals surface area contributed by atoms with Gasteiger partial charge in [-0.1, -0.05) is 68.5 Å². The molecule has 0 aliphatic carbocycles. The Morgan fingerprint density at radius 3 is 2.64 bits per heavy atom. The van der Waals surface area contributed by atoms with Crippen molar-refractivity contribution in [3.63, 3.8) is 0 Å². The van der Waals surface area contributed by atoms with Crippen molar-refractivity contribution in [3.8, 4) is 0 Å². The van der Waals surface area contributed by atoms with Crippen molar-refractivity contribution in [1.29, 1.82) is 0 Å². The maximum atomic E-state index is 11.8. The Morgan fingerprint density at radius 2 is 1.96 bits per heavy atom. The average Bonchev–Trinajstić information content (AvgIpc) is 2.59. The van der Waals surface area contributed by atoms with Gasteiger partial charge in [0.1, 0.15) is 5.37 Å². The lowest BCUT2D eigenvalue weighted by Crippen LogP contribution is -2.38. The lowest BCUT2D eigenvalue weighted by atomic mass is 10.2. The van der Waals surface area contributed by atoms with E-state index in [0.29, 0.717) is 6.61 Å². The number of ether oxygens (including phenoxy) is 1. The molecule has 0 saturated heterocycles. The summed E-state index contributed by atoms with van der Waals surface area (Å²) in [5, 5.41) is 2.23. The summed E-state index contributed by atoms with van der Waals surface area (Å²) in [6.45, 7) is 3.24. The van der Waals surface area contributed by atoms with E-state index >= 15 is 0 Å². The van der Waals surface area contributed by atoms with Gasteiger partial charge in [0.25, 0.3) is 0 Å². The molecule has 0 spiro atoms. The van der Waals surface area contributed by atoms with Gasteiger partial charge in [-0.3, -0.25) is 9.52 Å². The van der Waals surface area contributed by atoms with Gasteiger partial charge in [-0.05, 0) is 18.4 Å². The molecule has 140 valence electrons.